The molecule has 0 radical (unpaired) electrons. The molecule has 0 nitrogen and oxygen atoms in total. The fourth-order valence-electron chi connectivity index (χ4n) is 0.884. The summed E-state index contributed by atoms with van der Waals surface area (Å²) >= 11 is 0. The van der Waals surface area contributed by atoms with Gasteiger partial charge in [0.15, 0.2) is 0 Å². The molecular weight excluding hydrogens is 156 g/mol. The summed E-state index contributed by atoms with van der Waals surface area (Å²) in [6.45, 7) is 13.0. The summed E-state index contributed by atoms with van der Waals surface area (Å²) < 4.78 is 0. The summed E-state index contributed by atoms with van der Waals surface area (Å²) in [7, 11) is 0. The van der Waals surface area contributed by atoms with Crippen molar-refractivity contribution in [3.8, 4) is 0 Å². The van der Waals surface area contributed by atoms with Gasteiger partial charge in [-0.25, -0.2) is 0 Å². The van der Waals surface area contributed by atoms with Gasteiger partial charge in [0, 0.05) is 0 Å². The monoisotopic (exact) mass is 186 g/mol. The quantitative estimate of drug-likeness (QED) is 0.474. The molecule has 82 valence electrons. The Morgan fingerprint density at radius 3 is 0.846 bits per heavy atom. The van der Waals surface area contributed by atoms with E-state index in [0.29, 0.717) is 5.41 Å². The third kappa shape index (κ3) is 48.0. The number of hydrogen-bond donors (Lipinski definition) is 0. The molecule has 0 heteroatoms. The van der Waals surface area contributed by atoms with Crippen LogP contribution in [0.2, 0.25) is 0 Å². The third-order valence-electron chi connectivity index (χ3n) is 1.25. The Labute approximate surface area is 86.1 Å². The Hall–Kier alpha value is 0. The summed E-state index contributed by atoms with van der Waals surface area (Å²) in [6.07, 6.45) is 8.75. The Morgan fingerprint density at radius 1 is 0.692 bits per heavy atom. The SMILES string of the molecule is C1CCCC1.CC(C)(C)C.CCC. The van der Waals surface area contributed by atoms with Crippen LogP contribution in [0, 0.1) is 5.41 Å². The highest BCUT2D eigenvalue weighted by Crippen LogP contribution is 2.15. The molecule has 0 bridgehead atoms. The Balaban J connectivity index is 0. The normalized spacial score (nSPS) is 15.2. The second kappa shape index (κ2) is 10.1. The largest absolute Gasteiger partial charge is 0.0656 e. The number of hydrogen-bond acceptors (Lipinski definition) is 0. The van der Waals surface area contributed by atoms with Gasteiger partial charge in [0.05, 0.1) is 0 Å². The van der Waals surface area contributed by atoms with Crippen molar-refractivity contribution in [1.29, 1.82) is 0 Å². The predicted octanol–water partition coefficient (Wildman–Crippen LogP) is 5.42. The van der Waals surface area contributed by atoms with E-state index in [-0.39, 0.29) is 0 Å². The molecule has 0 aliphatic heterocycles. The molecule has 0 aromatic rings. The highest BCUT2D eigenvalue weighted by Gasteiger charge is 1.95. The van der Waals surface area contributed by atoms with E-state index in [2.05, 4.69) is 41.5 Å². The average molecular weight is 186 g/mol. The zero-order chi connectivity index (χ0) is 10.7. The van der Waals surface area contributed by atoms with Crippen molar-refractivity contribution in [1.82, 2.24) is 0 Å². The standard InChI is InChI=1S/C5H10.C5H12.C3H8/c1-2-4-5-3-1;1-5(2,3)4;1-3-2/h1-5H2;1-4H3;3H2,1-2H3. The van der Waals surface area contributed by atoms with Crippen molar-refractivity contribution >= 4 is 0 Å². The van der Waals surface area contributed by atoms with Crippen molar-refractivity contribution in [2.24, 2.45) is 5.41 Å². The maximum atomic E-state index is 2.19. The lowest BCUT2D eigenvalue weighted by molar-refractivity contribution is 0.469. The molecule has 0 N–H and O–H groups in total. The van der Waals surface area contributed by atoms with Crippen LogP contribution < -0.4 is 0 Å². The molecule has 0 amide bonds. The molecule has 1 aliphatic carbocycles. The van der Waals surface area contributed by atoms with Gasteiger partial charge in [0.1, 0.15) is 0 Å². The second-order valence-corrected chi connectivity index (χ2v) is 5.47. The van der Waals surface area contributed by atoms with Crippen LogP contribution in [-0.4, -0.2) is 0 Å². The lowest BCUT2D eigenvalue weighted by atomic mass is 10.0. The molecule has 1 aliphatic rings. The minimum atomic E-state index is 0.500. The molecule has 0 aromatic heterocycles. The highest BCUT2D eigenvalue weighted by molar-refractivity contribution is 4.51. The van der Waals surface area contributed by atoms with Crippen LogP contribution in [0.4, 0.5) is 0 Å². The van der Waals surface area contributed by atoms with Crippen molar-refractivity contribution < 1.29 is 0 Å². The van der Waals surface area contributed by atoms with Crippen molar-refractivity contribution in [2.75, 3.05) is 0 Å². The van der Waals surface area contributed by atoms with Crippen molar-refractivity contribution in [3.05, 3.63) is 0 Å². The van der Waals surface area contributed by atoms with Crippen LogP contribution in [-0.2, 0) is 0 Å². The summed E-state index contributed by atoms with van der Waals surface area (Å²) in [5.41, 5.74) is 0.500. The van der Waals surface area contributed by atoms with Crippen LogP contribution in [0.3, 0.4) is 0 Å². The topological polar surface area (TPSA) is 0 Å². The second-order valence-electron chi connectivity index (χ2n) is 5.47. The van der Waals surface area contributed by atoms with Crippen molar-refractivity contribution in [2.45, 2.75) is 80.1 Å². The lowest BCUT2D eigenvalue weighted by Gasteiger charge is -2.05. The zero-order valence-electron chi connectivity index (χ0n) is 10.7. The van der Waals surface area contributed by atoms with E-state index in [4.69, 9.17) is 0 Å². The van der Waals surface area contributed by atoms with Gasteiger partial charge in [-0.2, -0.15) is 0 Å². The fraction of sp³-hybridized carbons (Fsp3) is 1.00. The smallest absolute Gasteiger partial charge is 0.0411 e. The summed E-state index contributed by atoms with van der Waals surface area (Å²) in [5, 5.41) is 0. The molecule has 0 spiro atoms. The van der Waals surface area contributed by atoms with E-state index in [1.807, 2.05) is 0 Å². The lowest BCUT2D eigenvalue weighted by Crippen LogP contribution is -1.93. The first kappa shape index (κ1) is 15.5. The van der Waals surface area contributed by atoms with Crippen LogP contribution >= 0.6 is 0 Å². The maximum absolute atomic E-state index is 2.19. The Morgan fingerprint density at radius 2 is 0.769 bits per heavy atom. The van der Waals surface area contributed by atoms with Gasteiger partial charge in [0.25, 0.3) is 0 Å². The first-order valence-electron chi connectivity index (χ1n) is 5.91. The van der Waals surface area contributed by atoms with E-state index in [0.717, 1.165) is 0 Å². The van der Waals surface area contributed by atoms with E-state index < -0.39 is 0 Å². The maximum Gasteiger partial charge on any atom is -0.0411 e. The molecule has 1 fully saturated rings. The van der Waals surface area contributed by atoms with E-state index in [1.54, 1.807) is 0 Å². The summed E-state index contributed by atoms with van der Waals surface area (Å²) in [5.74, 6) is 0. The molecule has 0 heterocycles. The van der Waals surface area contributed by atoms with Crippen molar-refractivity contribution in [3.63, 3.8) is 0 Å². The highest BCUT2D eigenvalue weighted by atomic mass is 14.0. The van der Waals surface area contributed by atoms with Gasteiger partial charge in [-0.3, -0.25) is 0 Å². The fourth-order valence-corrected chi connectivity index (χ4v) is 0.884. The molecule has 0 atom stereocenters. The van der Waals surface area contributed by atoms with Gasteiger partial charge >= 0.3 is 0 Å². The molecule has 0 saturated heterocycles. The van der Waals surface area contributed by atoms with E-state index >= 15 is 0 Å². The van der Waals surface area contributed by atoms with Gasteiger partial charge in [-0.05, 0) is 5.41 Å². The van der Waals surface area contributed by atoms with Gasteiger partial charge in [0.2, 0.25) is 0 Å². The van der Waals surface area contributed by atoms with Crippen LogP contribution in [0.15, 0.2) is 0 Å². The third-order valence-corrected chi connectivity index (χ3v) is 1.25. The Bertz CT molecular complexity index is 58.9. The molecular formula is C13H30. The van der Waals surface area contributed by atoms with Gasteiger partial charge in [-0.1, -0.05) is 80.1 Å². The van der Waals surface area contributed by atoms with E-state index in [9.17, 15) is 0 Å². The molecule has 0 unspecified atom stereocenters. The first-order valence-corrected chi connectivity index (χ1v) is 5.91. The van der Waals surface area contributed by atoms with Gasteiger partial charge in [-0.15, -0.1) is 0 Å². The summed E-state index contributed by atoms with van der Waals surface area (Å²) in [4.78, 5) is 0. The van der Waals surface area contributed by atoms with E-state index in [1.165, 1.54) is 38.5 Å². The van der Waals surface area contributed by atoms with Crippen LogP contribution in [0.5, 0.6) is 0 Å². The predicted molar refractivity (Wildman–Crippen MR) is 64.2 cm³/mol. The minimum Gasteiger partial charge on any atom is -0.0656 e. The number of rotatable bonds is 0. The summed E-state index contributed by atoms with van der Waals surface area (Å²) in [6, 6.07) is 0. The minimum absolute atomic E-state index is 0.500. The average Bonchev–Trinajstić information content (AvgIpc) is 2.36. The molecule has 1 saturated carbocycles. The van der Waals surface area contributed by atoms with Gasteiger partial charge < -0.3 is 0 Å². The van der Waals surface area contributed by atoms with Crippen LogP contribution in [0.25, 0.3) is 0 Å². The first-order chi connectivity index (χ1) is 5.91. The molecule has 13 heavy (non-hydrogen) atoms. The Kier molecular flexibility index (Phi) is 12.0. The molecule has 1 rings (SSSR count). The molecule has 0 aromatic carbocycles. The zero-order valence-corrected chi connectivity index (χ0v) is 10.7. The van der Waals surface area contributed by atoms with Crippen LogP contribution in [0.1, 0.15) is 80.1 Å².